The number of hydrogen-bond donors (Lipinski definition) is 1. The van der Waals surface area contributed by atoms with Crippen molar-refractivity contribution in [3.63, 3.8) is 0 Å². The van der Waals surface area contributed by atoms with E-state index < -0.39 is 6.04 Å². The number of fused-ring (bicyclic) bond motifs is 2. The van der Waals surface area contributed by atoms with E-state index in [0.29, 0.717) is 35.8 Å². The van der Waals surface area contributed by atoms with Crippen molar-refractivity contribution in [1.82, 2.24) is 4.90 Å². The van der Waals surface area contributed by atoms with Crippen molar-refractivity contribution in [3.05, 3.63) is 59.5 Å². The third kappa shape index (κ3) is 3.79. The van der Waals surface area contributed by atoms with Crippen LogP contribution in [0.2, 0.25) is 0 Å². The van der Waals surface area contributed by atoms with Gasteiger partial charge in [0.1, 0.15) is 11.9 Å². The smallest absolute Gasteiger partial charge is 0.260 e. The number of alkyl halides is 1. The van der Waals surface area contributed by atoms with E-state index in [4.69, 9.17) is 9.47 Å². The molecule has 2 aromatic rings. The standard InChI is InChI=1S/C22H20BrFN2O4/c1-29-19-10-16-17(11-20(19)30-8-2-7-23)25-21(27)18-9-14(12-26(18)22(16)28)13-3-5-15(24)6-4-13/h3-6,10-12,18H,2,7-9H2,1H3,(H,25,27). The molecule has 2 aliphatic rings. The van der Waals surface area contributed by atoms with Crippen LogP contribution in [-0.4, -0.2) is 41.8 Å². The monoisotopic (exact) mass is 474 g/mol. The lowest BCUT2D eigenvalue weighted by Gasteiger charge is -2.18. The maximum Gasteiger partial charge on any atom is 0.260 e. The van der Waals surface area contributed by atoms with Crippen LogP contribution in [0.5, 0.6) is 11.5 Å². The fraction of sp³-hybridized carbons (Fsp3) is 0.273. The van der Waals surface area contributed by atoms with Crippen LogP contribution < -0.4 is 14.8 Å². The van der Waals surface area contributed by atoms with Crippen LogP contribution in [0.15, 0.2) is 42.6 Å². The fourth-order valence-corrected chi connectivity index (χ4v) is 3.83. The lowest BCUT2D eigenvalue weighted by atomic mass is 10.0. The Bertz CT molecular complexity index is 1020. The van der Waals surface area contributed by atoms with Crippen LogP contribution in [0, 0.1) is 5.82 Å². The minimum Gasteiger partial charge on any atom is -0.493 e. The summed E-state index contributed by atoms with van der Waals surface area (Å²) in [6.45, 7) is 0.473. The van der Waals surface area contributed by atoms with Gasteiger partial charge >= 0.3 is 0 Å². The van der Waals surface area contributed by atoms with Gasteiger partial charge in [0.2, 0.25) is 5.91 Å². The average molecular weight is 475 g/mol. The van der Waals surface area contributed by atoms with Gasteiger partial charge in [-0.05, 0) is 35.8 Å². The molecule has 2 amide bonds. The summed E-state index contributed by atoms with van der Waals surface area (Å²) in [4.78, 5) is 27.6. The maximum atomic E-state index is 13.3. The Morgan fingerprint density at radius 3 is 2.67 bits per heavy atom. The summed E-state index contributed by atoms with van der Waals surface area (Å²) in [5.74, 6) is -0.0418. The highest BCUT2D eigenvalue weighted by molar-refractivity contribution is 9.09. The number of methoxy groups -OCH3 is 1. The molecule has 6 nitrogen and oxygen atoms in total. The van der Waals surface area contributed by atoms with Crippen molar-refractivity contribution in [1.29, 1.82) is 0 Å². The molecule has 4 rings (SSSR count). The fourth-order valence-electron chi connectivity index (χ4n) is 3.60. The van der Waals surface area contributed by atoms with Gasteiger partial charge in [0, 0.05) is 24.0 Å². The Hall–Kier alpha value is -2.87. The van der Waals surface area contributed by atoms with E-state index in [-0.39, 0.29) is 17.6 Å². The van der Waals surface area contributed by atoms with Crippen LogP contribution in [-0.2, 0) is 4.79 Å². The molecule has 0 fully saturated rings. The summed E-state index contributed by atoms with van der Waals surface area (Å²) in [5, 5.41) is 3.65. The Morgan fingerprint density at radius 1 is 1.20 bits per heavy atom. The van der Waals surface area contributed by atoms with Gasteiger partial charge in [-0.25, -0.2) is 4.39 Å². The van der Waals surface area contributed by atoms with Crippen LogP contribution in [0.1, 0.15) is 28.8 Å². The SMILES string of the molecule is COc1cc2c(cc1OCCCBr)NC(=O)C1CC(c3ccc(F)cc3)=CN1C2=O. The third-order valence-electron chi connectivity index (χ3n) is 5.12. The predicted octanol–water partition coefficient (Wildman–Crippen LogP) is 4.21. The molecule has 1 N–H and O–H groups in total. The summed E-state index contributed by atoms with van der Waals surface area (Å²) < 4.78 is 24.4. The second-order valence-corrected chi connectivity index (χ2v) is 7.82. The quantitative estimate of drug-likeness (QED) is 0.503. The highest BCUT2D eigenvalue weighted by atomic mass is 79.9. The molecule has 0 saturated heterocycles. The number of halogens is 2. The van der Waals surface area contributed by atoms with Crippen LogP contribution in [0.4, 0.5) is 10.1 Å². The zero-order valence-electron chi connectivity index (χ0n) is 16.3. The molecule has 1 atom stereocenters. The van der Waals surface area contributed by atoms with E-state index in [1.165, 1.54) is 24.1 Å². The number of ether oxygens (including phenoxy) is 2. The summed E-state index contributed by atoms with van der Waals surface area (Å²) in [7, 11) is 1.50. The molecule has 2 aliphatic heterocycles. The molecule has 0 saturated carbocycles. The Kier molecular flexibility index (Phi) is 5.76. The van der Waals surface area contributed by atoms with Gasteiger partial charge in [-0.15, -0.1) is 0 Å². The number of hydrogen-bond acceptors (Lipinski definition) is 4. The molecule has 0 aromatic heterocycles. The van der Waals surface area contributed by atoms with Crippen molar-refractivity contribution in [2.45, 2.75) is 18.9 Å². The second-order valence-electron chi connectivity index (χ2n) is 7.02. The molecular formula is C22H20BrFN2O4. The summed E-state index contributed by atoms with van der Waals surface area (Å²) >= 11 is 3.35. The minimum absolute atomic E-state index is 0.285. The van der Waals surface area contributed by atoms with Gasteiger partial charge in [0.15, 0.2) is 11.5 Å². The van der Waals surface area contributed by atoms with Gasteiger partial charge in [0.25, 0.3) is 5.91 Å². The highest BCUT2D eigenvalue weighted by Crippen LogP contribution is 2.39. The predicted molar refractivity (Wildman–Crippen MR) is 114 cm³/mol. The summed E-state index contributed by atoms with van der Waals surface area (Å²) in [6, 6.07) is 8.55. The molecule has 1 unspecified atom stereocenters. The second kappa shape index (κ2) is 8.47. The van der Waals surface area contributed by atoms with Crippen molar-refractivity contribution >= 4 is 39.0 Å². The lowest BCUT2D eigenvalue weighted by molar-refractivity contribution is -0.119. The van der Waals surface area contributed by atoms with Crippen molar-refractivity contribution in [2.75, 3.05) is 24.4 Å². The van der Waals surface area contributed by atoms with Crippen LogP contribution >= 0.6 is 15.9 Å². The van der Waals surface area contributed by atoms with E-state index in [9.17, 15) is 14.0 Å². The number of rotatable bonds is 6. The molecule has 8 heteroatoms. The van der Waals surface area contributed by atoms with E-state index in [1.54, 1.807) is 30.5 Å². The topological polar surface area (TPSA) is 67.9 Å². The minimum atomic E-state index is -0.672. The molecule has 0 radical (unpaired) electrons. The van der Waals surface area contributed by atoms with Crippen LogP contribution in [0.3, 0.4) is 0 Å². The van der Waals surface area contributed by atoms with Crippen LogP contribution in [0.25, 0.3) is 5.57 Å². The number of amides is 2. The Balaban J connectivity index is 1.68. The molecule has 156 valence electrons. The van der Waals surface area contributed by atoms with Crippen molar-refractivity contribution < 1.29 is 23.5 Å². The first-order chi connectivity index (χ1) is 14.5. The number of nitrogens with zero attached hydrogens (tertiary/aromatic N) is 1. The molecule has 2 aromatic carbocycles. The highest BCUT2D eigenvalue weighted by Gasteiger charge is 2.39. The number of benzene rings is 2. The van der Waals surface area contributed by atoms with E-state index in [2.05, 4.69) is 21.2 Å². The molecule has 0 spiro atoms. The summed E-state index contributed by atoms with van der Waals surface area (Å²) in [5.41, 5.74) is 2.30. The first kappa shape index (κ1) is 20.4. The number of anilines is 1. The lowest BCUT2D eigenvalue weighted by Crippen LogP contribution is -2.38. The number of nitrogens with one attached hydrogen (secondary N) is 1. The van der Waals surface area contributed by atoms with E-state index in [0.717, 1.165) is 22.9 Å². The van der Waals surface area contributed by atoms with Gasteiger partial charge in [-0.1, -0.05) is 28.1 Å². The molecule has 0 bridgehead atoms. The van der Waals surface area contributed by atoms with Crippen molar-refractivity contribution in [2.24, 2.45) is 0 Å². The average Bonchev–Trinajstić information content (AvgIpc) is 3.16. The summed E-state index contributed by atoms with van der Waals surface area (Å²) in [6.07, 6.45) is 2.82. The Morgan fingerprint density at radius 2 is 1.97 bits per heavy atom. The zero-order valence-corrected chi connectivity index (χ0v) is 17.9. The van der Waals surface area contributed by atoms with Gasteiger partial charge in [-0.3, -0.25) is 9.59 Å². The molecule has 30 heavy (non-hydrogen) atoms. The Labute approximate surface area is 181 Å². The molecule has 2 heterocycles. The number of carbonyl (C=O) groups is 2. The molecule has 0 aliphatic carbocycles. The van der Waals surface area contributed by atoms with Crippen molar-refractivity contribution in [3.8, 4) is 11.5 Å². The first-order valence-electron chi connectivity index (χ1n) is 9.52. The van der Waals surface area contributed by atoms with E-state index >= 15 is 0 Å². The first-order valence-corrected chi connectivity index (χ1v) is 10.6. The maximum absolute atomic E-state index is 13.3. The van der Waals surface area contributed by atoms with E-state index in [1.807, 2.05) is 0 Å². The van der Waals surface area contributed by atoms with Gasteiger partial charge in [0.05, 0.1) is 25.0 Å². The molecular weight excluding hydrogens is 455 g/mol. The zero-order chi connectivity index (χ0) is 21.3. The largest absolute Gasteiger partial charge is 0.493 e. The third-order valence-corrected chi connectivity index (χ3v) is 5.68. The normalized spacial score (nSPS) is 17.6. The van der Waals surface area contributed by atoms with Gasteiger partial charge < -0.3 is 19.7 Å². The number of carbonyl (C=O) groups excluding carboxylic acids is 2. The van der Waals surface area contributed by atoms with Gasteiger partial charge in [-0.2, -0.15) is 0 Å².